The van der Waals surface area contributed by atoms with Crippen LogP contribution in [0, 0.1) is 6.92 Å². The van der Waals surface area contributed by atoms with E-state index in [1.54, 1.807) is 6.08 Å². The fraction of sp³-hybridized carbons (Fsp3) is 0.333. The molecule has 0 aromatic heterocycles. The Balaban J connectivity index is 0.000000507. The minimum Gasteiger partial charge on any atom is -0.361 e. The molecule has 2 aromatic rings. The third-order valence-corrected chi connectivity index (χ3v) is 6.45. The lowest BCUT2D eigenvalue weighted by atomic mass is 9.98. The Morgan fingerprint density at radius 2 is 1.74 bits per heavy atom. The highest BCUT2D eigenvalue weighted by molar-refractivity contribution is 7.98. The van der Waals surface area contributed by atoms with Crippen LogP contribution >= 0.6 is 12.1 Å². The molecule has 5 heteroatoms. The highest BCUT2D eigenvalue weighted by atomic mass is 32.2. The topological polar surface area (TPSA) is 27.3 Å². The number of allylic oxidation sites excluding steroid dienone is 3. The maximum Gasteiger partial charge on any atom is 0.0831 e. The molecule has 1 atom stereocenters. The first-order chi connectivity index (χ1) is 16.9. The van der Waals surface area contributed by atoms with Crippen molar-refractivity contribution in [3.8, 4) is 0 Å². The predicted octanol–water partition coefficient (Wildman–Crippen LogP) is 7.31. The standard InChI is InChI=1S/C20H30FN3S.C10H12/c1-7-19(25-21)17(4)24(6)20(23-13-12-22-5)14-16(3)18-11-9-8-10-15(18)2;1-2-3-7-10-8-5-4-6-9-10/h7-11,20,22-23H,1,3,12-14H2,2,4-6H3;2,4-6,8-9H,1,3,7H2/b19-17+;. The van der Waals surface area contributed by atoms with Crippen molar-refractivity contribution in [3.05, 3.63) is 114 Å². The number of nitrogens with one attached hydrogen (secondary N) is 2. The first-order valence-electron chi connectivity index (χ1n) is 12.0. The van der Waals surface area contributed by atoms with E-state index in [-0.39, 0.29) is 18.3 Å². The van der Waals surface area contributed by atoms with Crippen molar-refractivity contribution in [1.29, 1.82) is 0 Å². The summed E-state index contributed by atoms with van der Waals surface area (Å²) in [6, 6.07) is 18.7. The van der Waals surface area contributed by atoms with Gasteiger partial charge in [-0.3, -0.25) is 5.32 Å². The summed E-state index contributed by atoms with van der Waals surface area (Å²) in [6.45, 7) is 17.3. The maximum atomic E-state index is 13.1. The Bertz CT molecular complexity index is 940. The largest absolute Gasteiger partial charge is 0.361 e. The van der Waals surface area contributed by atoms with E-state index in [4.69, 9.17) is 0 Å². The van der Waals surface area contributed by atoms with Gasteiger partial charge in [0, 0.05) is 32.3 Å². The van der Waals surface area contributed by atoms with Crippen molar-refractivity contribution in [2.24, 2.45) is 0 Å². The van der Waals surface area contributed by atoms with E-state index in [0.29, 0.717) is 4.91 Å². The summed E-state index contributed by atoms with van der Waals surface area (Å²) in [7, 11) is 3.89. The van der Waals surface area contributed by atoms with Crippen LogP contribution in [0.1, 0.15) is 36.5 Å². The van der Waals surface area contributed by atoms with Gasteiger partial charge in [-0.25, -0.2) is 0 Å². The van der Waals surface area contributed by atoms with Gasteiger partial charge >= 0.3 is 0 Å². The lowest BCUT2D eigenvalue weighted by Gasteiger charge is -2.33. The van der Waals surface area contributed by atoms with Gasteiger partial charge in [-0.05, 0) is 56.0 Å². The number of hydrogen-bond acceptors (Lipinski definition) is 4. The van der Waals surface area contributed by atoms with Crippen molar-refractivity contribution < 1.29 is 3.89 Å². The van der Waals surface area contributed by atoms with Gasteiger partial charge in [-0.1, -0.05) is 79.9 Å². The number of aryl methyl sites for hydroxylation is 2. The summed E-state index contributed by atoms with van der Waals surface area (Å²) in [5.41, 5.74) is 5.68. The molecule has 0 aliphatic rings. The van der Waals surface area contributed by atoms with E-state index in [0.717, 1.165) is 43.6 Å². The third-order valence-electron chi connectivity index (χ3n) is 5.82. The van der Waals surface area contributed by atoms with E-state index in [1.807, 2.05) is 45.3 Å². The molecule has 0 radical (unpaired) electrons. The molecule has 190 valence electrons. The summed E-state index contributed by atoms with van der Waals surface area (Å²) in [5, 5.41) is 6.66. The molecule has 35 heavy (non-hydrogen) atoms. The lowest BCUT2D eigenvalue weighted by Crippen LogP contribution is -2.45. The molecule has 0 saturated heterocycles. The van der Waals surface area contributed by atoms with Crippen LogP contribution in [0.15, 0.2) is 97.1 Å². The van der Waals surface area contributed by atoms with E-state index in [9.17, 15) is 3.89 Å². The zero-order chi connectivity index (χ0) is 26.1. The molecule has 0 fully saturated rings. The van der Waals surface area contributed by atoms with Gasteiger partial charge in [-0.2, -0.15) is 3.89 Å². The molecule has 2 N–H and O–H groups in total. The van der Waals surface area contributed by atoms with Gasteiger partial charge in [0.05, 0.1) is 23.2 Å². The number of halogens is 1. The minimum absolute atomic E-state index is 0.0163. The van der Waals surface area contributed by atoms with Crippen LogP contribution in [-0.2, 0) is 6.42 Å². The summed E-state index contributed by atoms with van der Waals surface area (Å²) in [5.74, 6) is 0. The fourth-order valence-corrected chi connectivity index (χ4v) is 3.90. The van der Waals surface area contributed by atoms with Crippen LogP contribution in [-0.4, -0.2) is 38.3 Å². The SMILES string of the molecule is C=C/C(SF)=C(/C)N(C)C(CC(=C)c1ccccc1C)NCCNC.C=CCCc1ccccc1. The van der Waals surface area contributed by atoms with Crippen molar-refractivity contribution in [2.75, 3.05) is 27.2 Å². The molecule has 0 spiro atoms. The molecular formula is C30H42FN3S. The summed E-state index contributed by atoms with van der Waals surface area (Å²) in [4.78, 5) is 2.59. The van der Waals surface area contributed by atoms with E-state index in [2.05, 4.69) is 78.6 Å². The van der Waals surface area contributed by atoms with Gasteiger partial charge in [-0.15, -0.1) is 6.58 Å². The molecule has 2 rings (SSSR count). The van der Waals surface area contributed by atoms with Gasteiger partial charge in [0.25, 0.3) is 0 Å². The van der Waals surface area contributed by atoms with Crippen LogP contribution in [0.3, 0.4) is 0 Å². The van der Waals surface area contributed by atoms with Crippen LogP contribution in [0.25, 0.3) is 5.57 Å². The van der Waals surface area contributed by atoms with E-state index >= 15 is 0 Å². The fourth-order valence-electron chi connectivity index (χ4n) is 3.58. The Hall–Kier alpha value is -2.60. The van der Waals surface area contributed by atoms with E-state index < -0.39 is 0 Å². The molecule has 0 heterocycles. The molecule has 3 nitrogen and oxygen atoms in total. The molecule has 1 unspecified atom stereocenters. The summed E-state index contributed by atoms with van der Waals surface area (Å²) >= 11 is 0.227. The third kappa shape index (κ3) is 11.1. The lowest BCUT2D eigenvalue weighted by molar-refractivity contribution is 0.259. The van der Waals surface area contributed by atoms with Gasteiger partial charge < -0.3 is 10.2 Å². The summed E-state index contributed by atoms with van der Waals surface area (Å²) < 4.78 is 13.1. The second-order valence-corrected chi connectivity index (χ2v) is 8.94. The second kappa shape index (κ2) is 17.8. The first kappa shape index (κ1) is 30.4. The van der Waals surface area contributed by atoms with E-state index in [1.165, 1.54) is 16.7 Å². The van der Waals surface area contributed by atoms with Crippen molar-refractivity contribution in [1.82, 2.24) is 15.5 Å². The van der Waals surface area contributed by atoms with Crippen LogP contribution in [0.2, 0.25) is 0 Å². The molecule has 0 amide bonds. The smallest absolute Gasteiger partial charge is 0.0831 e. The van der Waals surface area contributed by atoms with Crippen LogP contribution in [0.4, 0.5) is 3.89 Å². The van der Waals surface area contributed by atoms with Gasteiger partial charge in [0.2, 0.25) is 0 Å². The Kier molecular flexibility index (Phi) is 15.5. The van der Waals surface area contributed by atoms with Gasteiger partial charge in [0.1, 0.15) is 0 Å². The Morgan fingerprint density at radius 1 is 1.09 bits per heavy atom. The van der Waals surface area contributed by atoms with Crippen LogP contribution in [0.5, 0.6) is 0 Å². The monoisotopic (exact) mass is 495 g/mol. The number of likely N-dealkylation sites (N-methyl/N-ethyl adjacent to an activating group) is 1. The van der Waals surface area contributed by atoms with Crippen LogP contribution < -0.4 is 10.6 Å². The quantitative estimate of drug-likeness (QED) is 0.124. The molecule has 0 bridgehead atoms. The number of benzene rings is 2. The Morgan fingerprint density at radius 3 is 2.31 bits per heavy atom. The first-order valence-corrected chi connectivity index (χ1v) is 12.7. The van der Waals surface area contributed by atoms with Crippen molar-refractivity contribution >= 4 is 17.7 Å². The zero-order valence-corrected chi connectivity index (χ0v) is 22.6. The predicted molar refractivity (Wildman–Crippen MR) is 155 cm³/mol. The van der Waals surface area contributed by atoms with Crippen molar-refractivity contribution in [3.63, 3.8) is 0 Å². The molecule has 2 aromatic carbocycles. The molecular weight excluding hydrogens is 453 g/mol. The van der Waals surface area contributed by atoms with Gasteiger partial charge in [0.15, 0.2) is 0 Å². The highest BCUT2D eigenvalue weighted by Gasteiger charge is 2.19. The average molecular weight is 496 g/mol. The van der Waals surface area contributed by atoms with Crippen molar-refractivity contribution in [2.45, 2.75) is 39.3 Å². The number of rotatable bonds is 14. The molecule has 0 aliphatic heterocycles. The normalized spacial score (nSPS) is 12.0. The summed E-state index contributed by atoms with van der Waals surface area (Å²) in [6.07, 6.45) is 6.45. The second-order valence-electron chi connectivity index (χ2n) is 8.35. The molecule has 0 aliphatic carbocycles. The minimum atomic E-state index is 0.0163. The highest BCUT2D eigenvalue weighted by Crippen LogP contribution is 2.27. The number of hydrogen-bond donors (Lipinski definition) is 2. The Labute approximate surface area is 217 Å². The average Bonchev–Trinajstić information content (AvgIpc) is 2.88. The maximum absolute atomic E-state index is 13.1. The number of nitrogens with zero attached hydrogens (tertiary/aromatic N) is 1. The molecule has 0 saturated carbocycles. The zero-order valence-electron chi connectivity index (χ0n) is 21.8.